The summed E-state index contributed by atoms with van der Waals surface area (Å²) in [5.74, 6) is 1.58. The fourth-order valence-corrected chi connectivity index (χ4v) is 3.10. The molecule has 0 spiro atoms. The molecule has 1 atom stereocenters. The first-order valence-corrected chi connectivity index (χ1v) is 8.81. The van der Waals surface area contributed by atoms with E-state index in [4.69, 9.17) is 4.74 Å². The zero-order valence-electron chi connectivity index (χ0n) is 15.0. The van der Waals surface area contributed by atoms with E-state index >= 15 is 0 Å². The third kappa shape index (κ3) is 3.72. The topological polar surface area (TPSA) is 55.1 Å². The summed E-state index contributed by atoms with van der Waals surface area (Å²) in [4.78, 5) is 17.2. The summed E-state index contributed by atoms with van der Waals surface area (Å²) in [6.45, 7) is 0. The van der Waals surface area contributed by atoms with Gasteiger partial charge in [-0.25, -0.2) is 9.78 Å². The number of nitrogens with one attached hydrogen (secondary N) is 1. The molecule has 1 unspecified atom stereocenters. The number of carbonyl (C=O) groups excluding carboxylic acids is 1. The van der Waals surface area contributed by atoms with E-state index < -0.39 is 0 Å². The highest BCUT2D eigenvalue weighted by atomic mass is 16.5. The maximum atomic E-state index is 12.7. The van der Waals surface area contributed by atoms with E-state index in [-0.39, 0.29) is 11.9 Å². The average Bonchev–Trinajstić information content (AvgIpc) is 3.02. The maximum absolute atomic E-state index is 12.7. The molecule has 27 heavy (non-hydrogen) atoms. The molecule has 0 bridgehead atoms. The van der Waals surface area contributed by atoms with Gasteiger partial charge in [-0.15, -0.1) is 0 Å². The van der Waals surface area contributed by atoms with Gasteiger partial charge >= 0.3 is 11.7 Å². The molecule has 1 aromatic heterocycles. The van der Waals surface area contributed by atoms with E-state index in [0.29, 0.717) is 6.42 Å². The summed E-state index contributed by atoms with van der Waals surface area (Å²) in [5, 5.41) is 3.26. The lowest BCUT2D eigenvalue weighted by molar-refractivity contribution is -0.553. The van der Waals surface area contributed by atoms with Crippen molar-refractivity contribution in [2.24, 2.45) is 0 Å². The average molecular weight is 358 g/mol. The van der Waals surface area contributed by atoms with Crippen LogP contribution in [0, 0.1) is 0 Å². The zero-order valence-corrected chi connectivity index (χ0v) is 15.0. The van der Waals surface area contributed by atoms with Crippen LogP contribution < -0.4 is 14.6 Å². The van der Waals surface area contributed by atoms with Crippen molar-refractivity contribution in [3.63, 3.8) is 0 Å². The van der Waals surface area contributed by atoms with Gasteiger partial charge in [-0.3, -0.25) is 5.32 Å². The number of fused-ring (bicyclic) bond motifs is 1. The number of nitrogens with zero attached hydrogens (tertiary/aromatic N) is 2. The van der Waals surface area contributed by atoms with Gasteiger partial charge in [0.1, 0.15) is 23.8 Å². The second-order valence-corrected chi connectivity index (χ2v) is 6.40. The van der Waals surface area contributed by atoms with Crippen LogP contribution in [0.25, 0.3) is 12.2 Å². The highest BCUT2D eigenvalue weighted by molar-refractivity contribution is 5.81. The number of hydrogen-bond donors (Lipinski definition) is 1. The predicted octanol–water partition coefficient (Wildman–Crippen LogP) is 3.23. The van der Waals surface area contributed by atoms with Gasteiger partial charge < -0.3 is 4.74 Å². The third-order valence-corrected chi connectivity index (χ3v) is 4.56. The van der Waals surface area contributed by atoms with E-state index in [1.165, 1.54) is 0 Å². The lowest BCUT2D eigenvalue weighted by Crippen LogP contribution is -2.43. The van der Waals surface area contributed by atoms with Crippen molar-refractivity contribution < 1.29 is 14.1 Å². The first-order chi connectivity index (χ1) is 13.2. The fraction of sp³-hybridized carbons (Fsp3) is 0.136. The summed E-state index contributed by atoms with van der Waals surface area (Å²) in [6, 6.07) is 17.5. The first-order valence-electron chi connectivity index (χ1n) is 8.81. The van der Waals surface area contributed by atoms with Gasteiger partial charge in [0.15, 0.2) is 6.04 Å². The number of methoxy groups -OCH3 is 1. The third-order valence-electron chi connectivity index (χ3n) is 4.56. The van der Waals surface area contributed by atoms with Crippen LogP contribution in [-0.2, 0) is 6.42 Å². The normalized spacial score (nSPS) is 15.6. The number of anilines is 1. The molecular formula is C22H20N3O2+. The Balaban J connectivity index is 1.50. The van der Waals surface area contributed by atoms with Crippen LogP contribution in [0.1, 0.15) is 21.6 Å². The van der Waals surface area contributed by atoms with Crippen LogP contribution >= 0.6 is 0 Å². The van der Waals surface area contributed by atoms with Crippen molar-refractivity contribution >= 4 is 23.9 Å². The minimum absolute atomic E-state index is 0.0374. The van der Waals surface area contributed by atoms with E-state index in [1.807, 2.05) is 66.7 Å². The fourth-order valence-electron chi connectivity index (χ4n) is 3.10. The molecular weight excluding hydrogens is 338 g/mol. The van der Waals surface area contributed by atoms with Gasteiger partial charge in [-0.2, -0.15) is 4.57 Å². The highest BCUT2D eigenvalue weighted by Gasteiger charge is 2.38. The zero-order chi connectivity index (χ0) is 18.6. The van der Waals surface area contributed by atoms with Crippen LogP contribution in [0.5, 0.6) is 5.75 Å². The van der Waals surface area contributed by atoms with Crippen molar-refractivity contribution in [3.8, 4) is 5.75 Å². The van der Waals surface area contributed by atoms with Gasteiger partial charge in [0.2, 0.25) is 0 Å². The molecule has 5 heteroatoms. The largest absolute Gasteiger partial charge is 0.497 e. The summed E-state index contributed by atoms with van der Waals surface area (Å²) >= 11 is 0. The molecule has 1 N–H and O–H groups in total. The van der Waals surface area contributed by atoms with Gasteiger partial charge in [-0.05, 0) is 29.3 Å². The molecule has 1 aliphatic rings. The molecule has 0 saturated heterocycles. The second-order valence-electron chi connectivity index (χ2n) is 6.40. The minimum atomic E-state index is -0.269. The van der Waals surface area contributed by atoms with Gasteiger partial charge in [0.05, 0.1) is 7.11 Å². The molecule has 0 amide bonds. The second kappa shape index (κ2) is 7.41. The molecule has 5 nitrogen and oxygen atoms in total. The SMILES string of the molecule is COc1ccc(C=Cc2c[n+]3c(cn2)NC(Cc2ccccc2)C3=O)cc1. The molecule has 4 rings (SSSR count). The molecule has 2 heterocycles. The van der Waals surface area contributed by atoms with Gasteiger partial charge in [0.25, 0.3) is 0 Å². The number of ether oxygens (including phenoxy) is 1. The number of aromatic nitrogens is 2. The van der Waals surface area contributed by atoms with Crippen molar-refractivity contribution in [1.29, 1.82) is 0 Å². The number of rotatable bonds is 5. The van der Waals surface area contributed by atoms with Crippen LogP contribution in [0.4, 0.5) is 5.82 Å². The van der Waals surface area contributed by atoms with Gasteiger partial charge in [-0.1, -0.05) is 48.5 Å². The van der Waals surface area contributed by atoms with E-state index in [0.717, 1.165) is 28.4 Å². The number of carbonyl (C=O) groups is 1. The Hall–Kier alpha value is -3.47. The summed E-state index contributed by atoms with van der Waals surface area (Å²) in [7, 11) is 1.65. The standard InChI is InChI=1S/C22H19N3O2/c1-27-19-11-8-16(9-12-19)7-10-18-15-25-21(14-23-18)24-20(22(25)26)13-17-5-3-2-4-6-17/h2-12,14-15,20H,13H2,1H3/p+1. The molecule has 0 aliphatic carbocycles. The number of benzene rings is 2. The monoisotopic (exact) mass is 358 g/mol. The summed E-state index contributed by atoms with van der Waals surface area (Å²) in [6.07, 6.45) is 7.99. The minimum Gasteiger partial charge on any atom is -0.497 e. The Bertz CT molecular complexity index is 982. The summed E-state index contributed by atoms with van der Waals surface area (Å²) in [5.41, 5.74) is 2.89. The van der Waals surface area contributed by atoms with Crippen LogP contribution in [-0.4, -0.2) is 24.0 Å². The molecule has 0 fully saturated rings. The van der Waals surface area contributed by atoms with E-state index in [9.17, 15) is 4.79 Å². The molecule has 2 aromatic carbocycles. The lowest BCUT2D eigenvalue weighted by Gasteiger charge is -2.02. The van der Waals surface area contributed by atoms with Crippen molar-refractivity contribution in [3.05, 3.63) is 83.8 Å². The van der Waals surface area contributed by atoms with Crippen molar-refractivity contribution in [2.45, 2.75) is 12.5 Å². The Labute approximate surface area is 158 Å². The lowest BCUT2D eigenvalue weighted by atomic mass is 10.1. The molecule has 0 radical (unpaired) electrons. The molecule has 0 saturated carbocycles. The Morgan fingerprint density at radius 2 is 1.89 bits per heavy atom. The van der Waals surface area contributed by atoms with Crippen molar-refractivity contribution in [2.75, 3.05) is 12.4 Å². The molecule has 1 aliphatic heterocycles. The quantitative estimate of drug-likeness (QED) is 0.712. The van der Waals surface area contributed by atoms with Crippen LogP contribution in [0.2, 0.25) is 0 Å². The Kier molecular flexibility index (Phi) is 4.66. The van der Waals surface area contributed by atoms with Crippen molar-refractivity contribution in [1.82, 2.24) is 4.98 Å². The van der Waals surface area contributed by atoms with E-state index in [1.54, 1.807) is 24.1 Å². The predicted molar refractivity (Wildman–Crippen MR) is 105 cm³/mol. The summed E-state index contributed by atoms with van der Waals surface area (Å²) < 4.78 is 6.81. The van der Waals surface area contributed by atoms with Crippen LogP contribution in [0.3, 0.4) is 0 Å². The number of hydrogen-bond acceptors (Lipinski definition) is 4. The molecule has 3 aromatic rings. The van der Waals surface area contributed by atoms with Gasteiger partial charge in [0, 0.05) is 6.42 Å². The van der Waals surface area contributed by atoms with Crippen LogP contribution in [0.15, 0.2) is 67.0 Å². The Morgan fingerprint density at radius 3 is 2.63 bits per heavy atom. The Morgan fingerprint density at radius 1 is 1.11 bits per heavy atom. The highest BCUT2D eigenvalue weighted by Crippen LogP contribution is 2.16. The first kappa shape index (κ1) is 17.0. The van der Waals surface area contributed by atoms with E-state index in [2.05, 4.69) is 10.3 Å². The smallest absolute Gasteiger partial charge is 0.359 e. The molecule has 134 valence electrons. The maximum Gasteiger partial charge on any atom is 0.359 e.